The predicted octanol–water partition coefficient (Wildman–Crippen LogP) is 16.5. The average Bonchev–Trinajstić information content (AvgIpc) is 3.11. The molecule has 4 aliphatic carbocycles. The van der Waals surface area contributed by atoms with Crippen LogP contribution in [-0.4, -0.2) is 0 Å². The number of rotatable bonds is 4. The van der Waals surface area contributed by atoms with Crippen molar-refractivity contribution in [1.82, 2.24) is 0 Å². The minimum absolute atomic E-state index is 0.797. The lowest BCUT2D eigenvalue weighted by molar-refractivity contribution is 0.279. The summed E-state index contributed by atoms with van der Waals surface area (Å²) in [6, 6.07) is 0. The minimum atomic E-state index is 0.797. The highest BCUT2D eigenvalue weighted by atomic mass is 14.2. The topological polar surface area (TPSA) is 0 Å². The fourth-order valence-electron chi connectivity index (χ4n) is 6.00. The van der Waals surface area contributed by atoms with Crippen molar-refractivity contribution >= 4 is 0 Å². The summed E-state index contributed by atoms with van der Waals surface area (Å²) in [5, 5.41) is 0. The Labute approximate surface area is 283 Å². The molecule has 0 radical (unpaired) electrons. The Morgan fingerprint density at radius 2 is 1.05 bits per heavy atom. The molecule has 1 saturated carbocycles. The van der Waals surface area contributed by atoms with E-state index in [2.05, 4.69) is 85.8 Å². The zero-order valence-corrected chi connectivity index (χ0v) is 34.0. The van der Waals surface area contributed by atoms with Gasteiger partial charge >= 0.3 is 0 Å². The van der Waals surface area contributed by atoms with Gasteiger partial charge in [-0.25, -0.2) is 0 Å². The summed E-state index contributed by atoms with van der Waals surface area (Å²) in [7, 11) is 0. The third kappa shape index (κ3) is 29.9. The monoisotopic (exact) mass is 619 g/mol. The molecule has 0 N–H and O–H groups in total. The van der Waals surface area contributed by atoms with Gasteiger partial charge < -0.3 is 0 Å². The van der Waals surface area contributed by atoms with Crippen LogP contribution in [-0.2, 0) is 0 Å². The van der Waals surface area contributed by atoms with Crippen molar-refractivity contribution in [3.05, 3.63) is 36.0 Å². The molecule has 0 saturated heterocycles. The van der Waals surface area contributed by atoms with Gasteiger partial charge in [-0.2, -0.15) is 0 Å². The van der Waals surface area contributed by atoms with E-state index in [4.69, 9.17) is 0 Å². The van der Waals surface area contributed by atoms with Crippen molar-refractivity contribution in [3.63, 3.8) is 0 Å². The van der Waals surface area contributed by atoms with Gasteiger partial charge in [-0.15, -0.1) is 0 Å². The Hall–Kier alpha value is -0.780. The van der Waals surface area contributed by atoms with Crippen LogP contribution in [0.3, 0.4) is 0 Å². The number of allylic oxidation sites excluding steroid dienone is 6. The van der Waals surface area contributed by atoms with Crippen LogP contribution in [0.15, 0.2) is 36.0 Å². The molecule has 0 amide bonds. The molecule has 4 rings (SSSR count). The Balaban J connectivity index is -0.000000225. The molecule has 266 valence electrons. The first kappa shape index (κ1) is 50.1. The molecule has 2 atom stereocenters. The quantitative estimate of drug-likeness (QED) is 0.275. The van der Waals surface area contributed by atoms with E-state index < -0.39 is 0 Å². The van der Waals surface area contributed by atoms with Crippen molar-refractivity contribution in [2.45, 2.75) is 207 Å². The first-order valence-corrected chi connectivity index (χ1v) is 20.2. The van der Waals surface area contributed by atoms with Crippen LogP contribution >= 0.6 is 0 Å². The van der Waals surface area contributed by atoms with Gasteiger partial charge in [0.15, 0.2) is 0 Å². The summed E-state index contributed by atoms with van der Waals surface area (Å²) in [6.45, 7) is 34.6. The molecule has 2 unspecified atom stereocenters. The molecular weight excluding hydrogens is 528 g/mol. The Morgan fingerprint density at radius 3 is 1.32 bits per heavy atom. The first-order chi connectivity index (χ1) is 21.2. The summed E-state index contributed by atoms with van der Waals surface area (Å²) in [4.78, 5) is 0. The predicted molar refractivity (Wildman–Crippen MR) is 211 cm³/mol. The van der Waals surface area contributed by atoms with Gasteiger partial charge in [0.2, 0.25) is 0 Å². The zero-order valence-electron chi connectivity index (χ0n) is 34.0. The lowest BCUT2D eigenvalue weighted by atomic mass is 9.82. The van der Waals surface area contributed by atoms with Gasteiger partial charge in [-0.3, -0.25) is 0 Å². The normalized spacial score (nSPS) is 20.5. The lowest BCUT2D eigenvalue weighted by Gasteiger charge is -2.24. The second kappa shape index (κ2) is 38.4. The van der Waals surface area contributed by atoms with Crippen LogP contribution in [0.2, 0.25) is 0 Å². The summed E-state index contributed by atoms with van der Waals surface area (Å²) in [6.07, 6.45) is 32.9. The van der Waals surface area contributed by atoms with Crippen molar-refractivity contribution in [2.24, 2.45) is 41.4 Å². The molecule has 1 fully saturated rings. The summed E-state index contributed by atoms with van der Waals surface area (Å²) in [5.41, 5.74) is 1.68. The van der Waals surface area contributed by atoms with Crippen LogP contribution in [0.5, 0.6) is 0 Å². The van der Waals surface area contributed by atoms with Crippen LogP contribution in [0, 0.1) is 41.4 Å². The lowest BCUT2D eigenvalue weighted by Crippen LogP contribution is -2.12. The molecule has 0 heterocycles. The highest BCUT2D eigenvalue weighted by molar-refractivity contribution is 5.07. The smallest absolute Gasteiger partial charge is 0.0210 e. The first-order valence-electron chi connectivity index (χ1n) is 20.2. The molecule has 0 aromatic carbocycles. The van der Waals surface area contributed by atoms with E-state index in [1.807, 2.05) is 55.4 Å². The third-order valence-electron chi connectivity index (χ3n) is 9.06. The largest absolute Gasteiger partial charge is 0.0885 e. The third-order valence-corrected chi connectivity index (χ3v) is 9.06. The molecule has 0 aromatic heterocycles. The van der Waals surface area contributed by atoms with Gasteiger partial charge in [0, 0.05) is 0 Å². The van der Waals surface area contributed by atoms with E-state index in [0.29, 0.717) is 0 Å². The van der Waals surface area contributed by atoms with Crippen LogP contribution in [0.1, 0.15) is 207 Å². The van der Waals surface area contributed by atoms with Crippen molar-refractivity contribution in [1.29, 1.82) is 0 Å². The molecule has 0 bridgehead atoms. The van der Waals surface area contributed by atoms with E-state index in [1.165, 1.54) is 96.3 Å². The molecule has 0 spiro atoms. The van der Waals surface area contributed by atoms with Crippen molar-refractivity contribution in [3.8, 4) is 0 Å². The second-order valence-electron chi connectivity index (χ2n) is 13.4. The van der Waals surface area contributed by atoms with Gasteiger partial charge in [0.25, 0.3) is 0 Å². The highest BCUT2D eigenvalue weighted by Gasteiger charge is 2.16. The molecule has 0 aliphatic heterocycles. The zero-order chi connectivity index (χ0) is 34.8. The molecule has 0 nitrogen and oxygen atoms in total. The van der Waals surface area contributed by atoms with Gasteiger partial charge in [-0.05, 0) is 106 Å². The number of hydrogen-bond acceptors (Lipinski definition) is 0. The molecule has 4 aliphatic rings. The van der Waals surface area contributed by atoms with Crippen LogP contribution < -0.4 is 0 Å². The summed E-state index contributed by atoms with van der Waals surface area (Å²) >= 11 is 0. The molecule has 0 aromatic rings. The van der Waals surface area contributed by atoms with Crippen LogP contribution in [0.4, 0.5) is 0 Å². The fraction of sp³-hybridized carbons (Fsp3) is 0.864. The maximum Gasteiger partial charge on any atom is -0.0210 e. The van der Waals surface area contributed by atoms with Crippen molar-refractivity contribution < 1.29 is 0 Å². The second-order valence-corrected chi connectivity index (χ2v) is 13.4. The Morgan fingerprint density at radius 1 is 0.477 bits per heavy atom. The standard InChI is InChI=1S/C9H18.3C9H16.4C2H6/c4*1-8(2)9-6-4-3-5-7-9;4*1-2/h8-9H,3-7H2,1-2H3;6,8H,3-5,7H2,1-2H3;4,6,8-9H,3,5,7H2,1-2H3;3-4,8-9H,5-7H2,1-2H3;4*1-2H3. The summed E-state index contributed by atoms with van der Waals surface area (Å²) in [5.74, 6) is 6.36. The van der Waals surface area contributed by atoms with E-state index in [-0.39, 0.29) is 0 Å². The Bertz CT molecular complexity index is 594. The number of hydrogen-bond donors (Lipinski definition) is 0. The maximum atomic E-state index is 2.42. The maximum absolute atomic E-state index is 2.42. The Kier molecular flexibility index (Phi) is 43.7. The average molecular weight is 619 g/mol. The van der Waals surface area contributed by atoms with Gasteiger partial charge in [0.1, 0.15) is 0 Å². The van der Waals surface area contributed by atoms with Crippen LogP contribution in [0.25, 0.3) is 0 Å². The SMILES string of the molecule is CC.CC.CC.CC.CC(C)C1=CCCCC1.CC(C)C1C=CCCC1.CC(C)C1CC=CCC1.CC(C)C1CCCCC1. The molecular formula is C44H90. The van der Waals surface area contributed by atoms with E-state index >= 15 is 0 Å². The molecule has 44 heavy (non-hydrogen) atoms. The fourth-order valence-corrected chi connectivity index (χ4v) is 6.00. The minimum Gasteiger partial charge on any atom is -0.0885 e. The van der Waals surface area contributed by atoms with E-state index in [9.17, 15) is 0 Å². The highest BCUT2D eigenvalue weighted by Crippen LogP contribution is 2.29. The van der Waals surface area contributed by atoms with E-state index in [0.717, 1.165) is 41.4 Å². The van der Waals surface area contributed by atoms with Crippen molar-refractivity contribution in [2.75, 3.05) is 0 Å². The van der Waals surface area contributed by atoms with Gasteiger partial charge in [0.05, 0.1) is 0 Å². The van der Waals surface area contributed by atoms with E-state index in [1.54, 1.807) is 5.57 Å². The molecule has 0 heteroatoms. The summed E-state index contributed by atoms with van der Waals surface area (Å²) < 4.78 is 0. The van der Waals surface area contributed by atoms with Gasteiger partial charge in [-0.1, -0.05) is 179 Å².